The highest BCUT2D eigenvalue weighted by Gasteiger charge is 2.05. The highest BCUT2D eigenvalue weighted by atomic mass is 35.5. The summed E-state index contributed by atoms with van der Waals surface area (Å²) in [5, 5.41) is 10.1. The summed E-state index contributed by atoms with van der Waals surface area (Å²) in [5.74, 6) is 0.777. The minimum Gasteiger partial charge on any atom is -0.331 e. The molecule has 0 atom stereocenters. The number of hydrogen-bond acceptors (Lipinski definition) is 4. The molecule has 0 aliphatic carbocycles. The van der Waals surface area contributed by atoms with Crippen LogP contribution in [-0.4, -0.2) is 15.0 Å². The molecule has 2 aromatic heterocycles. The number of thioether (sulfide) groups is 1. The number of aromatic amines is 1. The lowest BCUT2D eigenvalue weighted by Crippen LogP contribution is -1.82. The van der Waals surface area contributed by atoms with E-state index in [9.17, 15) is 0 Å². The van der Waals surface area contributed by atoms with Gasteiger partial charge in [0.2, 0.25) is 0 Å². The molecule has 4 nitrogen and oxygen atoms in total. The van der Waals surface area contributed by atoms with Crippen LogP contribution >= 0.6 is 23.4 Å². The minimum atomic E-state index is 0.588. The Labute approximate surface area is 124 Å². The number of fused-ring (bicyclic) bond motifs is 1. The predicted molar refractivity (Wildman–Crippen MR) is 79.6 cm³/mol. The molecule has 3 rings (SSSR count). The topological polar surface area (TPSA) is 65.4 Å². The number of imidazole rings is 1. The maximum absolute atomic E-state index is 8.75. The summed E-state index contributed by atoms with van der Waals surface area (Å²) in [6.07, 6.45) is 1.58. The molecule has 0 unspecified atom stereocenters. The zero-order chi connectivity index (χ0) is 13.9. The van der Waals surface area contributed by atoms with Crippen molar-refractivity contribution < 1.29 is 0 Å². The molecule has 0 saturated heterocycles. The van der Waals surface area contributed by atoms with Gasteiger partial charge in [-0.25, -0.2) is 9.97 Å². The van der Waals surface area contributed by atoms with Crippen LogP contribution in [0.2, 0.25) is 5.02 Å². The first-order valence-electron chi connectivity index (χ1n) is 5.88. The van der Waals surface area contributed by atoms with Crippen molar-refractivity contribution >= 4 is 34.5 Å². The lowest BCUT2D eigenvalue weighted by molar-refractivity contribution is 1.07. The average Bonchev–Trinajstić information content (AvgIpc) is 2.87. The molecule has 0 aliphatic rings. The molecule has 1 aromatic carbocycles. The molecule has 0 aliphatic heterocycles. The van der Waals surface area contributed by atoms with Crippen molar-refractivity contribution in [3.8, 4) is 6.07 Å². The van der Waals surface area contributed by atoms with Crippen molar-refractivity contribution in [2.45, 2.75) is 10.9 Å². The van der Waals surface area contributed by atoms with Crippen LogP contribution in [-0.2, 0) is 5.75 Å². The first-order chi connectivity index (χ1) is 9.74. The van der Waals surface area contributed by atoms with Gasteiger partial charge < -0.3 is 4.98 Å². The number of benzene rings is 1. The molecule has 0 saturated carbocycles. The van der Waals surface area contributed by atoms with E-state index in [2.05, 4.69) is 21.0 Å². The molecule has 6 heteroatoms. The Morgan fingerprint density at radius 1 is 1.30 bits per heavy atom. The van der Waals surface area contributed by atoms with Gasteiger partial charge in [-0.05, 0) is 23.8 Å². The Kier molecular flexibility index (Phi) is 3.59. The van der Waals surface area contributed by atoms with E-state index < -0.39 is 0 Å². The summed E-state index contributed by atoms with van der Waals surface area (Å²) >= 11 is 7.47. The van der Waals surface area contributed by atoms with Crippen molar-refractivity contribution in [1.29, 1.82) is 5.26 Å². The first-order valence-corrected chi connectivity index (χ1v) is 7.24. The number of aromatic nitrogens is 3. The molecule has 3 aromatic rings. The van der Waals surface area contributed by atoms with E-state index in [-0.39, 0.29) is 0 Å². The van der Waals surface area contributed by atoms with Gasteiger partial charge in [-0.3, -0.25) is 0 Å². The summed E-state index contributed by atoms with van der Waals surface area (Å²) in [7, 11) is 0. The van der Waals surface area contributed by atoms with Crippen LogP contribution < -0.4 is 0 Å². The molecular weight excluding hydrogens is 292 g/mol. The van der Waals surface area contributed by atoms with Gasteiger partial charge in [0.25, 0.3) is 0 Å². The third-order valence-corrected chi connectivity index (χ3v) is 3.89. The van der Waals surface area contributed by atoms with E-state index in [4.69, 9.17) is 16.9 Å². The largest absolute Gasteiger partial charge is 0.331 e. The second-order valence-corrected chi connectivity index (χ2v) is 5.56. The number of hydrogen-bond donors (Lipinski definition) is 1. The van der Waals surface area contributed by atoms with Crippen molar-refractivity contribution in [3.05, 3.63) is 52.7 Å². The van der Waals surface area contributed by atoms with E-state index in [1.54, 1.807) is 18.0 Å². The molecule has 20 heavy (non-hydrogen) atoms. The third kappa shape index (κ3) is 2.77. The van der Waals surface area contributed by atoms with Gasteiger partial charge in [0.05, 0.1) is 22.2 Å². The number of nitriles is 1. The third-order valence-electron chi connectivity index (χ3n) is 2.74. The fraction of sp³-hybridized carbons (Fsp3) is 0.0714. The number of nitrogens with zero attached hydrogens (tertiary/aromatic N) is 3. The van der Waals surface area contributed by atoms with Crippen LogP contribution in [0.4, 0.5) is 0 Å². The van der Waals surface area contributed by atoms with Crippen LogP contribution in [0.5, 0.6) is 0 Å². The summed E-state index contributed by atoms with van der Waals surface area (Å²) < 4.78 is 0. The normalized spacial score (nSPS) is 10.6. The maximum atomic E-state index is 8.75. The summed E-state index contributed by atoms with van der Waals surface area (Å²) in [4.78, 5) is 11.7. The molecule has 0 radical (unpaired) electrons. The summed E-state index contributed by atoms with van der Waals surface area (Å²) in [6.45, 7) is 0. The van der Waals surface area contributed by atoms with E-state index in [1.165, 1.54) is 0 Å². The first kappa shape index (κ1) is 13.0. The maximum Gasteiger partial charge on any atom is 0.178 e. The number of halogens is 1. The molecule has 0 fully saturated rings. The van der Waals surface area contributed by atoms with Crippen molar-refractivity contribution in [3.63, 3.8) is 0 Å². The zero-order valence-corrected chi connectivity index (χ0v) is 11.9. The second kappa shape index (κ2) is 5.53. The van der Waals surface area contributed by atoms with Crippen LogP contribution in [0.1, 0.15) is 11.1 Å². The second-order valence-electron chi connectivity index (χ2n) is 4.16. The SMILES string of the molecule is N#Cc1ccc(CSc2nc3ncc(Cl)cc3[nH]2)cc1. The Morgan fingerprint density at radius 2 is 2.10 bits per heavy atom. The quantitative estimate of drug-likeness (QED) is 0.748. The Balaban J connectivity index is 1.74. The Hall–Kier alpha value is -2.03. The molecular formula is C14H9ClN4S. The van der Waals surface area contributed by atoms with E-state index in [0.717, 1.165) is 22.0 Å². The molecule has 98 valence electrons. The van der Waals surface area contributed by atoms with Crippen molar-refractivity contribution in [2.24, 2.45) is 0 Å². The highest BCUT2D eigenvalue weighted by Crippen LogP contribution is 2.23. The zero-order valence-electron chi connectivity index (χ0n) is 10.3. The lowest BCUT2D eigenvalue weighted by Gasteiger charge is -1.98. The van der Waals surface area contributed by atoms with Gasteiger partial charge in [0, 0.05) is 11.9 Å². The molecule has 1 N–H and O–H groups in total. The van der Waals surface area contributed by atoms with Crippen molar-refractivity contribution in [2.75, 3.05) is 0 Å². The van der Waals surface area contributed by atoms with Crippen molar-refractivity contribution in [1.82, 2.24) is 15.0 Å². The summed E-state index contributed by atoms with van der Waals surface area (Å²) in [5.41, 5.74) is 3.30. The molecule has 2 heterocycles. The summed E-state index contributed by atoms with van der Waals surface area (Å²) in [6, 6.07) is 11.4. The fourth-order valence-electron chi connectivity index (χ4n) is 1.75. The van der Waals surface area contributed by atoms with E-state index >= 15 is 0 Å². The molecule has 0 bridgehead atoms. The monoisotopic (exact) mass is 300 g/mol. The Bertz CT molecular complexity index is 789. The van der Waals surface area contributed by atoms with Crippen LogP contribution in [0.25, 0.3) is 11.2 Å². The van der Waals surface area contributed by atoms with Crippen LogP contribution in [0.3, 0.4) is 0 Å². The molecule has 0 spiro atoms. The molecule has 0 amide bonds. The van der Waals surface area contributed by atoms with Gasteiger partial charge in [0.15, 0.2) is 10.8 Å². The standard InChI is InChI=1S/C14H9ClN4S/c15-11-5-12-13(17-7-11)19-14(18-12)20-8-10-3-1-9(6-16)2-4-10/h1-5,7H,8H2,(H,17,18,19). The number of nitrogens with one attached hydrogen (secondary N) is 1. The van der Waals surface area contributed by atoms with E-state index in [1.807, 2.05) is 30.3 Å². The highest BCUT2D eigenvalue weighted by molar-refractivity contribution is 7.98. The number of pyridine rings is 1. The average molecular weight is 301 g/mol. The number of H-pyrrole nitrogens is 1. The fourth-order valence-corrected chi connectivity index (χ4v) is 2.73. The minimum absolute atomic E-state index is 0.588. The van der Waals surface area contributed by atoms with Crippen LogP contribution in [0.15, 0.2) is 41.7 Å². The van der Waals surface area contributed by atoms with Gasteiger partial charge in [0.1, 0.15) is 0 Å². The van der Waals surface area contributed by atoms with Gasteiger partial charge in [-0.2, -0.15) is 5.26 Å². The predicted octanol–water partition coefficient (Wildman–Crippen LogP) is 3.78. The smallest absolute Gasteiger partial charge is 0.178 e. The van der Waals surface area contributed by atoms with Crippen LogP contribution in [0, 0.1) is 11.3 Å². The van der Waals surface area contributed by atoms with Gasteiger partial charge >= 0.3 is 0 Å². The van der Waals surface area contributed by atoms with Gasteiger partial charge in [-0.15, -0.1) is 0 Å². The number of rotatable bonds is 3. The Morgan fingerprint density at radius 3 is 2.85 bits per heavy atom. The van der Waals surface area contributed by atoms with E-state index in [0.29, 0.717) is 16.2 Å². The van der Waals surface area contributed by atoms with Gasteiger partial charge in [-0.1, -0.05) is 35.5 Å². The lowest BCUT2D eigenvalue weighted by atomic mass is 10.2.